The molecule has 0 saturated carbocycles. The van der Waals surface area contributed by atoms with Gasteiger partial charge in [0.05, 0.1) is 13.2 Å². The standard InChI is InChI=1S/C18H30N4O3.HI/c1-5-19-18(22-13-17(23)20-9-10-24-4)21-12-15(3)25-16-8-6-7-14(2)11-16;/h6-8,11,15H,5,9-10,12-13H2,1-4H3,(H,20,23)(H2,19,21,22);1H. The molecule has 0 aliphatic carbocycles. The Morgan fingerprint density at radius 3 is 2.69 bits per heavy atom. The molecule has 0 saturated heterocycles. The van der Waals surface area contributed by atoms with Gasteiger partial charge in [-0.2, -0.15) is 0 Å². The number of nitrogens with zero attached hydrogens (tertiary/aromatic N) is 1. The van der Waals surface area contributed by atoms with Crippen LogP contribution >= 0.6 is 24.0 Å². The van der Waals surface area contributed by atoms with Crippen molar-refractivity contribution in [2.45, 2.75) is 26.9 Å². The first-order valence-electron chi connectivity index (χ1n) is 8.56. The summed E-state index contributed by atoms with van der Waals surface area (Å²) in [6, 6.07) is 7.94. The van der Waals surface area contributed by atoms with E-state index in [0.717, 1.165) is 11.3 Å². The van der Waals surface area contributed by atoms with Crippen LogP contribution in [0.3, 0.4) is 0 Å². The van der Waals surface area contributed by atoms with Gasteiger partial charge in [-0.1, -0.05) is 12.1 Å². The fraction of sp³-hybridized carbons (Fsp3) is 0.556. The third-order valence-corrected chi connectivity index (χ3v) is 3.24. The topological polar surface area (TPSA) is 84.0 Å². The minimum Gasteiger partial charge on any atom is -0.489 e. The number of hydrogen-bond acceptors (Lipinski definition) is 4. The lowest BCUT2D eigenvalue weighted by Crippen LogP contribution is -2.42. The first kappa shape index (κ1) is 24.5. The smallest absolute Gasteiger partial charge is 0.241 e. The van der Waals surface area contributed by atoms with Crippen molar-refractivity contribution in [1.82, 2.24) is 16.0 Å². The molecule has 26 heavy (non-hydrogen) atoms. The van der Waals surface area contributed by atoms with Crippen LogP contribution in [0.25, 0.3) is 0 Å². The Balaban J connectivity index is 0.00000625. The van der Waals surface area contributed by atoms with E-state index >= 15 is 0 Å². The van der Waals surface area contributed by atoms with Crippen LogP contribution in [0, 0.1) is 6.92 Å². The van der Waals surface area contributed by atoms with Crippen LogP contribution in [0.4, 0.5) is 0 Å². The van der Waals surface area contributed by atoms with Crippen molar-refractivity contribution in [2.24, 2.45) is 4.99 Å². The van der Waals surface area contributed by atoms with E-state index in [4.69, 9.17) is 9.47 Å². The molecule has 148 valence electrons. The highest BCUT2D eigenvalue weighted by Crippen LogP contribution is 2.13. The van der Waals surface area contributed by atoms with Crippen molar-refractivity contribution in [3.63, 3.8) is 0 Å². The number of guanidine groups is 1. The Bertz CT molecular complexity index is 555. The molecule has 0 bridgehead atoms. The highest BCUT2D eigenvalue weighted by atomic mass is 127. The quantitative estimate of drug-likeness (QED) is 0.206. The molecule has 0 radical (unpaired) electrons. The van der Waals surface area contributed by atoms with Crippen molar-refractivity contribution in [3.8, 4) is 5.75 Å². The summed E-state index contributed by atoms with van der Waals surface area (Å²) in [4.78, 5) is 16.0. The number of nitrogens with one attached hydrogen (secondary N) is 3. The van der Waals surface area contributed by atoms with E-state index in [-0.39, 0.29) is 42.5 Å². The monoisotopic (exact) mass is 478 g/mol. The van der Waals surface area contributed by atoms with Crippen LogP contribution in [0.15, 0.2) is 29.3 Å². The maximum absolute atomic E-state index is 11.7. The van der Waals surface area contributed by atoms with Crippen LogP contribution in [0.5, 0.6) is 5.75 Å². The Kier molecular flexibility index (Phi) is 13.7. The Labute approximate surface area is 173 Å². The number of halogens is 1. The minimum atomic E-state index is -0.140. The molecule has 1 atom stereocenters. The predicted octanol–water partition coefficient (Wildman–Crippen LogP) is 1.70. The first-order valence-corrected chi connectivity index (χ1v) is 8.56. The molecule has 1 rings (SSSR count). The van der Waals surface area contributed by atoms with Crippen LogP contribution in [-0.2, 0) is 9.53 Å². The molecule has 0 aliphatic heterocycles. The molecule has 1 unspecified atom stereocenters. The van der Waals surface area contributed by atoms with Crippen LogP contribution in [0.2, 0.25) is 0 Å². The predicted molar refractivity (Wildman–Crippen MR) is 116 cm³/mol. The summed E-state index contributed by atoms with van der Waals surface area (Å²) in [5.41, 5.74) is 1.16. The summed E-state index contributed by atoms with van der Waals surface area (Å²) < 4.78 is 10.8. The van der Waals surface area contributed by atoms with Gasteiger partial charge < -0.3 is 25.4 Å². The molecule has 0 aliphatic rings. The van der Waals surface area contributed by atoms with E-state index in [1.165, 1.54) is 0 Å². The number of rotatable bonds is 10. The van der Waals surface area contributed by atoms with Gasteiger partial charge in [0.25, 0.3) is 0 Å². The van der Waals surface area contributed by atoms with E-state index in [2.05, 4.69) is 20.9 Å². The lowest BCUT2D eigenvalue weighted by molar-refractivity contribution is -0.119. The number of amides is 1. The zero-order chi connectivity index (χ0) is 18.5. The Morgan fingerprint density at radius 2 is 2.04 bits per heavy atom. The largest absolute Gasteiger partial charge is 0.489 e. The SMILES string of the molecule is CCNC(=NCC(=O)NCCOC)NCC(C)Oc1cccc(C)c1.I. The highest BCUT2D eigenvalue weighted by molar-refractivity contribution is 14.0. The van der Waals surface area contributed by atoms with E-state index in [1.807, 2.05) is 45.0 Å². The van der Waals surface area contributed by atoms with Gasteiger partial charge >= 0.3 is 0 Å². The van der Waals surface area contributed by atoms with Crippen molar-refractivity contribution in [3.05, 3.63) is 29.8 Å². The molecule has 0 spiro atoms. The summed E-state index contributed by atoms with van der Waals surface area (Å²) >= 11 is 0. The van der Waals surface area contributed by atoms with Gasteiger partial charge in [-0.25, -0.2) is 4.99 Å². The molecule has 0 heterocycles. The fourth-order valence-electron chi connectivity index (χ4n) is 2.04. The molecule has 0 fully saturated rings. The number of hydrogen-bond donors (Lipinski definition) is 3. The average Bonchev–Trinajstić information content (AvgIpc) is 2.57. The molecule has 1 aromatic carbocycles. The van der Waals surface area contributed by atoms with Gasteiger partial charge in [0.1, 0.15) is 18.4 Å². The van der Waals surface area contributed by atoms with Crippen molar-refractivity contribution < 1.29 is 14.3 Å². The van der Waals surface area contributed by atoms with Crippen molar-refractivity contribution in [2.75, 3.05) is 39.9 Å². The molecule has 7 nitrogen and oxygen atoms in total. The van der Waals surface area contributed by atoms with E-state index < -0.39 is 0 Å². The summed E-state index contributed by atoms with van der Waals surface area (Å²) in [6.07, 6.45) is -0.0406. The summed E-state index contributed by atoms with van der Waals surface area (Å²) in [6.45, 7) is 8.31. The van der Waals surface area contributed by atoms with Gasteiger partial charge in [-0.05, 0) is 38.5 Å². The first-order chi connectivity index (χ1) is 12.0. The van der Waals surface area contributed by atoms with Gasteiger partial charge in [-0.15, -0.1) is 24.0 Å². The molecule has 8 heteroatoms. The summed E-state index contributed by atoms with van der Waals surface area (Å²) in [7, 11) is 1.59. The summed E-state index contributed by atoms with van der Waals surface area (Å²) in [5, 5.41) is 9.03. The van der Waals surface area contributed by atoms with E-state index in [0.29, 0.717) is 32.2 Å². The highest BCUT2D eigenvalue weighted by Gasteiger charge is 2.07. The molecule has 1 aromatic rings. The second-order valence-corrected chi connectivity index (χ2v) is 5.66. The second kappa shape index (κ2) is 14.6. The number of benzene rings is 1. The maximum atomic E-state index is 11.7. The van der Waals surface area contributed by atoms with Gasteiger partial charge in [0.15, 0.2) is 5.96 Å². The number of ether oxygens (including phenoxy) is 2. The summed E-state index contributed by atoms with van der Waals surface area (Å²) in [5.74, 6) is 1.29. The number of aliphatic imine (C=N–C) groups is 1. The zero-order valence-electron chi connectivity index (χ0n) is 16.0. The molecular formula is C18H31IN4O3. The molecular weight excluding hydrogens is 447 g/mol. The van der Waals surface area contributed by atoms with Crippen LogP contribution in [-0.4, -0.2) is 57.9 Å². The van der Waals surface area contributed by atoms with E-state index in [9.17, 15) is 4.79 Å². The number of carbonyl (C=O) groups is 1. The lowest BCUT2D eigenvalue weighted by atomic mass is 10.2. The normalized spacial score (nSPS) is 11.9. The third kappa shape index (κ3) is 11.1. The van der Waals surface area contributed by atoms with Gasteiger partial charge in [0, 0.05) is 20.2 Å². The third-order valence-electron chi connectivity index (χ3n) is 3.24. The van der Waals surface area contributed by atoms with Gasteiger partial charge in [-0.3, -0.25) is 4.79 Å². The zero-order valence-corrected chi connectivity index (χ0v) is 18.3. The molecule has 0 aromatic heterocycles. The Hall–Kier alpha value is -1.55. The second-order valence-electron chi connectivity index (χ2n) is 5.66. The van der Waals surface area contributed by atoms with Crippen molar-refractivity contribution in [1.29, 1.82) is 0 Å². The Morgan fingerprint density at radius 1 is 1.27 bits per heavy atom. The van der Waals surface area contributed by atoms with Crippen molar-refractivity contribution >= 4 is 35.8 Å². The fourth-order valence-corrected chi connectivity index (χ4v) is 2.04. The molecule has 1 amide bonds. The molecule has 3 N–H and O–H groups in total. The lowest BCUT2D eigenvalue weighted by Gasteiger charge is -2.18. The number of methoxy groups -OCH3 is 1. The van der Waals surface area contributed by atoms with Crippen LogP contribution < -0.4 is 20.7 Å². The van der Waals surface area contributed by atoms with Crippen LogP contribution in [0.1, 0.15) is 19.4 Å². The minimum absolute atomic E-state index is 0. The number of aryl methyl sites for hydroxylation is 1. The maximum Gasteiger partial charge on any atom is 0.241 e. The number of carbonyl (C=O) groups excluding carboxylic acids is 1. The van der Waals surface area contributed by atoms with Gasteiger partial charge in [0.2, 0.25) is 5.91 Å². The average molecular weight is 478 g/mol. The van der Waals surface area contributed by atoms with E-state index in [1.54, 1.807) is 7.11 Å².